The van der Waals surface area contributed by atoms with Crippen molar-refractivity contribution in [2.24, 2.45) is 0 Å². The van der Waals surface area contributed by atoms with Crippen LogP contribution in [0.4, 0.5) is 10.2 Å². The topological polar surface area (TPSA) is 75.6 Å². The second-order valence-corrected chi connectivity index (χ2v) is 4.41. The maximum atomic E-state index is 13.1. The Morgan fingerprint density at radius 2 is 2.11 bits per heavy atom. The van der Waals surface area contributed by atoms with Crippen LogP contribution in [0.3, 0.4) is 0 Å². The van der Waals surface area contributed by atoms with Crippen molar-refractivity contribution in [2.75, 3.05) is 5.73 Å². The highest BCUT2D eigenvalue weighted by Gasteiger charge is 2.07. The molecule has 0 aliphatic rings. The first kappa shape index (κ1) is 12.3. The number of nitrogens with zero attached hydrogens (tertiary/aromatic N) is 3. The Morgan fingerprint density at radius 1 is 1.33 bits per heavy atom. The second kappa shape index (κ2) is 5.47. The summed E-state index contributed by atoms with van der Waals surface area (Å²) in [6.07, 6.45) is 3.04. The molecule has 2 N–H and O–H groups in total. The number of hydrogen-bond acceptors (Lipinski definition) is 5. The van der Waals surface area contributed by atoms with Crippen LogP contribution in [0.15, 0.2) is 35.6 Å². The molecule has 1 aromatic carbocycles. The molecule has 0 saturated heterocycles. The molecule has 6 heteroatoms. The molecule has 1 heterocycles. The Hall–Kier alpha value is -2.13. The van der Waals surface area contributed by atoms with E-state index in [-0.39, 0.29) is 5.82 Å². The monoisotopic (exact) mass is 260 g/mol. The largest absolute Gasteiger partial charge is 0.381 e. The highest BCUT2D eigenvalue weighted by Crippen LogP contribution is 2.25. The molecule has 0 aliphatic carbocycles. The molecule has 0 saturated carbocycles. The first-order valence-electron chi connectivity index (χ1n) is 5.08. The van der Waals surface area contributed by atoms with Crippen LogP contribution in [0.25, 0.3) is 0 Å². The molecular formula is C12H9FN4S. The smallest absolute Gasteiger partial charge is 0.156 e. The highest BCUT2D eigenvalue weighted by molar-refractivity contribution is 7.98. The van der Waals surface area contributed by atoms with Crippen LogP contribution in [0.2, 0.25) is 0 Å². The van der Waals surface area contributed by atoms with Gasteiger partial charge < -0.3 is 5.73 Å². The van der Waals surface area contributed by atoms with Crippen molar-refractivity contribution < 1.29 is 4.39 Å². The number of halogens is 1. The van der Waals surface area contributed by atoms with E-state index in [9.17, 15) is 4.39 Å². The third-order valence-corrected chi connectivity index (χ3v) is 3.29. The van der Waals surface area contributed by atoms with E-state index in [0.717, 1.165) is 0 Å². The predicted octanol–water partition coefficient (Wildman–Crippen LogP) is 2.36. The first-order valence-corrected chi connectivity index (χ1v) is 6.07. The fraction of sp³-hybridized carbons (Fsp3) is 0.0833. The predicted molar refractivity (Wildman–Crippen MR) is 67.1 cm³/mol. The van der Waals surface area contributed by atoms with E-state index >= 15 is 0 Å². The standard InChI is InChI=1S/C12H9FN4S/c13-10-2-1-8(6-14)9(5-10)7-18-12-11(15)16-3-4-17-12/h1-5H,7H2,(H2,15,16). The van der Waals surface area contributed by atoms with E-state index in [2.05, 4.69) is 9.97 Å². The van der Waals surface area contributed by atoms with Crippen molar-refractivity contribution in [2.45, 2.75) is 10.8 Å². The molecule has 0 fully saturated rings. The third kappa shape index (κ3) is 2.76. The average Bonchev–Trinajstić information content (AvgIpc) is 2.38. The molecule has 0 atom stereocenters. The van der Waals surface area contributed by atoms with E-state index in [1.165, 1.54) is 42.4 Å². The number of benzene rings is 1. The third-order valence-electron chi connectivity index (χ3n) is 2.24. The van der Waals surface area contributed by atoms with Gasteiger partial charge in [-0.2, -0.15) is 5.26 Å². The van der Waals surface area contributed by atoms with E-state index in [1.54, 1.807) is 0 Å². The van der Waals surface area contributed by atoms with Gasteiger partial charge in [0.05, 0.1) is 11.6 Å². The van der Waals surface area contributed by atoms with Gasteiger partial charge in [0, 0.05) is 18.1 Å². The lowest BCUT2D eigenvalue weighted by Gasteiger charge is -2.05. The zero-order valence-electron chi connectivity index (χ0n) is 9.30. The lowest BCUT2D eigenvalue weighted by atomic mass is 10.1. The van der Waals surface area contributed by atoms with Gasteiger partial charge in [0.25, 0.3) is 0 Å². The fourth-order valence-electron chi connectivity index (χ4n) is 1.38. The molecule has 0 bridgehead atoms. The molecule has 0 unspecified atom stereocenters. The van der Waals surface area contributed by atoms with Gasteiger partial charge in [-0.3, -0.25) is 0 Å². The SMILES string of the molecule is N#Cc1ccc(F)cc1CSc1nccnc1N. The number of rotatable bonds is 3. The summed E-state index contributed by atoms with van der Waals surface area (Å²) in [6, 6.07) is 6.10. The van der Waals surface area contributed by atoms with Gasteiger partial charge in [0.15, 0.2) is 5.82 Å². The molecule has 4 nitrogen and oxygen atoms in total. The Kier molecular flexibility index (Phi) is 3.75. The number of thioether (sulfide) groups is 1. The molecule has 0 amide bonds. The zero-order valence-corrected chi connectivity index (χ0v) is 10.1. The summed E-state index contributed by atoms with van der Waals surface area (Å²) in [5.74, 6) is 0.387. The van der Waals surface area contributed by atoms with Gasteiger partial charge in [0.1, 0.15) is 10.8 Å². The summed E-state index contributed by atoms with van der Waals surface area (Å²) in [6.45, 7) is 0. The van der Waals surface area contributed by atoms with E-state index < -0.39 is 0 Å². The molecular weight excluding hydrogens is 251 g/mol. The Bertz CT molecular complexity index is 609. The van der Waals surface area contributed by atoms with Crippen molar-refractivity contribution >= 4 is 17.6 Å². The summed E-state index contributed by atoms with van der Waals surface area (Å²) in [7, 11) is 0. The van der Waals surface area contributed by atoms with Crippen molar-refractivity contribution in [3.05, 3.63) is 47.5 Å². The molecule has 1 aromatic heterocycles. The minimum Gasteiger partial charge on any atom is -0.381 e. The summed E-state index contributed by atoms with van der Waals surface area (Å²) in [5.41, 5.74) is 6.72. The van der Waals surface area contributed by atoms with Gasteiger partial charge in [-0.05, 0) is 23.8 Å². The number of nitrogens with two attached hydrogens (primary N) is 1. The maximum Gasteiger partial charge on any atom is 0.156 e. The summed E-state index contributed by atoms with van der Waals surface area (Å²) in [5, 5.41) is 9.50. The molecule has 0 aliphatic heterocycles. The van der Waals surface area contributed by atoms with Crippen LogP contribution in [0.5, 0.6) is 0 Å². The van der Waals surface area contributed by atoms with Crippen molar-refractivity contribution in [3.63, 3.8) is 0 Å². The zero-order chi connectivity index (χ0) is 13.0. The molecule has 2 rings (SSSR count). The van der Waals surface area contributed by atoms with Gasteiger partial charge in [-0.15, -0.1) is 0 Å². The number of anilines is 1. The van der Waals surface area contributed by atoms with Gasteiger partial charge in [-0.1, -0.05) is 11.8 Å². The van der Waals surface area contributed by atoms with Crippen LogP contribution in [0, 0.1) is 17.1 Å². The van der Waals surface area contributed by atoms with Gasteiger partial charge >= 0.3 is 0 Å². The summed E-state index contributed by atoms with van der Waals surface area (Å²) >= 11 is 1.32. The molecule has 2 aromatic rings. The Labute approximate surface area is 108 Å². The molecule has 0 spiro atoms. The first-order chi connectivity index (χ1) is 8.70. The molecule has 18 heavy (non-hydrogen) atoms. The van der Waals surface area contributed by atoms with Crippen LogP contribution < -0.4 is 5.73 Å². The normalized spacial score (nSPS) is 10.0. The Balaban J connectivity index is 2.18. The minimum absolute atomic E-state index is 0.331. The second-order valence-electron chi connectivity index (χ2n) is 3.45. The quantitative estimate of drug-likeness (QED) is 0.857. The van der Waals surface area contributed by atoms with Gasteiger partial charge in [-0.25, -0.2) is 14.4 Å². The Morgan fingerprint density at radius 3 is 2.83 bits per heavy atom. The number of nitriles is 1. The summed E-state index contributed by atoms with van der Waals surface area (Å²) in [4.78, 5) is 7.98. The average molecular weight is 260 g/mol. The van der Waals surface area contributed by atoms with Crippen molar-refractivity contribution in [1.29, 1.82) is 5.26 Å². The maximum absolute atomic E-state index is 13.1. The van der Waals surface area contributed by atoms with Crippen LogP contribution >= 0.6 is 11.8 Å². The number of aromatic nitrogens is 2. The fourth-order valence-corrected chi connectivity index (χ4v) is 2.25. The lowest BCUT2D eigenvalue weighted by Crippen LogP contribution is -1.96. The van der Waals surface area contributed by atoms with Crippen molar-refractivity contribution in [1.82, 2.24) is 9.97 Å². The van der Waals surface area contributed by atoms with Crippen molar-refractivity contribution in [3.8, 4) is 6.07 Å². The lowest BCUT2D eigenvalue weighted by molar-refractivity contribution is 0.626. The van der Waals surface area contributed by atoms with E-state index in [4.69, 9.17) is 11.0 Å². The molecule has 90 valence electrons. The van der Waals surface area contributed by atoms with Crippen LogP contribution in [0.1, 0.15) is 11.1 Å². The summed E-state index contributed by atoms with van der Waals surface area (Å²) < 4.78 is 13.1. The van der Waals surface area contributed by atoms with Crippen LogP contribution in [-0.2, 0) is 5.75 Å². The van der Waals surface area contributed by atoms with E-state index in [0.29, 0.717) is 27.7 Å². The number of nitrogen functional groups attached to an aromatic ring is 1. The molecule has 0 radical (unpaired) electrons. The van der Waals surface area contributed by atoms with Gasteiger partial charge in [0.2, 0.25) is 0 Å². The number of hydrogen-bond donors (Lipinski definition) is 1. The highest BCUT2D eigenvalue weighted by atomic mass is 32.2. The minimum atomic E-state index is -0.364. The van der Waals surface area contributed by atoms with Crippen LogP contribution in [-0.4, -0.2) is 9.97 Å². The van der Waals surface area contributed by atoms with E-state index in [1.807, 2.05) is 6.07 Å².